The molecule has 0 saturated heterocycles. The Labute approximate surface area is 145 Å². The second-order valence-electron chi connectivity index (χ2n) is 5.74. The number of allylic oxidation sites excluding steroid dienone is 1. The van der Waals surface area contributed by atoms with Crippen LogP contribution in [0.15, 0.2) is 79.1 Å². The van der Waals surface area contributed by atoms with E-state index in [1.54, 1.807) is 12.4 Å². The van der Waals surface area contributed by atoms with Crippen molar-refractivity contribution >= 4 is 22.6 Å². The summed E-state index contributed by atoms with van der Waals surface area (Å²) in [7, 11) is 0. The first-order valence-corrected chi connectivity index (χ1v) is 8.05. The molecular weight excluding hydrogens is 306 g/mol. The Morgan fingerprint density at radius 2 is 1.76 bits per heavy atom. The van der Waals surface area contributed by atoms with E-state index in [4.69, 9.17) is 0 Å². The molecule has 2 aromatic carbocycles. The van der Waals surface area contributed by atoms with Crippen molar-refractivity contribution in [3.63, 3.8) is 0 Å². The van der Waals surface area contributed by atoms with E-state index in [0.717, 1.165) is 33.3 Å². The molecule has 0 aliphatic rings. The van der Waals surface area contributed by atoms with E-state index in [1.807, 2.05) is 72.8 Å². The third kappa shape index (κ3) is 2.82. The van der Waals surface area contributed by atoms with Crippen LogP contribution in [0.1, 0.15) is 11.1 Å². The molecule has 4 aromatic rings. The van der Waals surface area contributed by atoms with Crippen LogP contribution in [0.2, 0.25) is 0 Å². The summed E-state index contributed by atoms with van der Waals surface area (Å²) in [4.78, 5) is 7.61. The normalized spacial score (nSPS) is 11.4. The van der Waals surface area contributed by atoms with Crippen LogP contribution in [0, 0.1) is 11.3 Å². The molecule has 0 fully saturated rings. The molecule has 118 valence electrons. The lowest BCUT2D eigenvalue weighted by atomic mass is 9.97. The Morgan fingerprint density at radius 3 is 2.52 bits per heavy atom. The number of nitrogens with zero attached hydrogens (tertiary/aromatic N) is 2. The lowest BCUT2D eigenvalue weighted by Crippen LogP contribution is -1.87. The van der Waals surface area contributed by atoms with Crippen molar-refractivity contribution in [2.45, 2.75) is 0 Å². The van der Waals surface area contributed by atoms with Crippen molar-refractivity contribution in [3.05, 3.63) is 90.3 Å². The van der Waals surface area contributed by atoms with Crippen LogP contribution in [0.5, 0.6) is 0 Å². The molecule has 0 atom stereocenters. The summed E-state index contributed by atoms with van der Waals surface area (Å²) >= 11 is 0. The molecule has 2 heterocycles. The first-order valence-electron chi connectivity index (χ1n) is 8.05. The van der Waals surface area contributed by atoms with E-state index in [-0.39, 0.29) is 0 Å². The third-order valence-electron chi connectivity index (χ3n) is 4.15. The van der Waals surface area contributed by atoms with Gasteiger partial charge in [-0.2, -0.15) is 5.26 Å². The van der Waals surface area contributed by atoms with Crippen molar-refractivity contribution in [1.82, 2.24) is 9.97 Å². The molecule has 3 nitrogen and oxygen atoms in total. The van der Waals surface area contributed by atoms with Crippen molar-refractivity contribution in [2.75, 3.05) is 0 Å². The molecule has 0 spiro atoms. The molecule has 0 aliphatic heterocycles. The lowest BCUT2D eigenvalue weighted by molar-refractivity contribution is 1.32. The van der Waals surface area contributed by atoms with Gasteiger partial charge in [0.2, 0.25) is 0 Å². The highest BCUT2D eigenvalue weighted by atomic mass is 14.7. The van der Waals surface area contributed by atoms with Crippen molar-refractivity contribution in [1.29, 1.82) is 5.26 Å². The summed E-state index contributed by atoms with van der Waals surface area (Å²) in [6.07, 6.45) is 5.37. The van der Waals surface area contributed by atoms with Crippen LogP contribution >= 0.6 is 0 Å². The predicted molar refractivity (Wildman–Crippen MR) is 101 cm³/mol. The molecule has 4 rings (SSSR count). The Bertz CT molecular complexity index is 1080. The Morgan fingerprint density at radius 1 is 0.960 bits per heavy atom. The molecule has 0 unspecified atom stereocenters. The molecule has 0 aliphatic carbocycles. The van der Waals surface area contributed by atoms with Crippen molar-refractivity contribution < 1.29 is 0 Å². The maximum atomic E-state index is 9.84. The van der Waals surface area contributed by atoms with E-state index in [9.17, 15) is 5.26 Å². The average Bonchev–Trinajstić information content (AvgIpc) is 3.07. The number of nitrogens with one attached hydrogen (secondary N) is 1. The first-order chi connectivity index (χ1) is 12.4. The summed E-state index contributed by atoms with van der Waals surface area (Å²) in [5.41, 5.74) is 5.48. The summed E-state index contributed by atoms with van der Waals surface area (Å²) in [6, 6.07) is 24.3. The van der Waals surface area contributed by atoms with Crippen LogP contribution in [0.3, 0.4) is 0 Å². The number of hydrogen-bond donors (Lipinski definition) is 1. The molecule has 25 heavy (non-hydrogen) atoms. The van der Waals surface area contributed by atoms with Gasteiger partial charge < -0.3 is 4.98 Å². The number of aromatic amines is 1. The zero-order chi connectivity index (χ0) is 17.1. The number of pyridine rings is 1. The minimum atomic E-state index is 0.615. The number of benzene rings is 2. The summed E-state index contributed by atoms with van der Waals surface area (Å²) in [5.74, 6) is 0. The van der Waals surface area contributed by atoms with Crippen LogP contribution in [-0.2, 0) is 0 Å². The van der Waals surface area contributed by atoms with Crippen LogP contribution in [0.4, 0.5) is 0 Å². The quantitative estimate of drug-likeness (QED) is 0.521. The zero-order valence-corrected chi connectivity index (χ0v) is 13.5. The number of rotatable bonds is 3. The molecule has 3 heteroatoms. The van der Waals surface area contributed by atoms with Crippen molar-refractivity contribution in [3.8, 4) is 17.3 Å². The molecule has 0 amide bonds. The van der Waals surface area contributed by atoms with Gasteiger partial charge in [-0.1, -0.05) is 54.6 Å². The SMILES string of the molecule is N#C/C(=C\c1cccnc1)c1c(-c2ccccc2)[nH]c2ccccc12. The minimum absolute atomic E-state index is 0.615. The maximum absolute atomic E-state index is 9.84. The Hall–Kier alpha value is -3.64. The lowest BCUT2D eigenvalue weighted by Gasteiger charge is -2.04. The van der Waals surface area contributed by atoms with Gasteiger partial charge in [-0.25, -0.2) is 0 Å². The third-order valence-corrected chi connectivity index (χ3v) is 4.15. The van der Waals surface area contributed by atoms with E-state index in [1.165, 1.54) is 0 Å². The van der Waals surface area contributed by atoms with Gasteiger partial charge in [-0.05, 0) is 29.3 Å². The molecule has 1 N–H and O–H groups in total. The average molecular weight is 321 g/mol. The van der Waals surface area contributed by atoms with Gasteiger partial charge in [-0.15, -0.1) is 0 Å². The topological polar surface area (TPSA) is 52.5 Å². The first kappa shape index (κ1) is 14.9. The smallest absolute Gasteiger partial charge is 0.0999 e. The number of fused-ring (bicyclic) bond motifs is 1. The van der Waals surface area contributed by atoms with Crippen LogP contribution in [0.25, 0.3) is 33.8 Å². The second kappa shape index (κ2) is 6.46. The van der Waals surface area contributed by atoms with Crippen LogP contribution < -0.4 is 0 Å². The number of para-hydroxylation sites is 1. The van der Waals surface area contributed by atoms with E-state index in [2.05, 4.69) is 16.0 Å². The standard InChI is InChI=1S/C22H15N3/c23-14-18(13-16-7-6-12-24-15-16)21-19-10-4-5-11-20(19)25-22(21)17-8-2-1-3-9-17/h1-13,15,25H/b18-13+. The number of H-pyrrole nitrogens is 1. The maximum Gasteiger partial charge on any atom is 0.0999 e. The fourth-order valence-electron chi connectivity index (χ4n) is 3.03. The van der Waals surface area contributed by atoms with Crippen molar-refractivity contribution in [2.24, 2.45) is 0 Å². The second-order valence-corrected chi connectivity index (χ2v) is 5.74. The largest absolute Gasteiger partial charge is 0.354 e. The summed E-state index contributed by atoms with van der Waals surface area (Å²) < 4.78 is 0. The Balaban J connectivity index is 1.99. The summed E-state index contributed by atoms with van der Waals surface area (Å²) in [6.45, 7) is 0. The van der Waals surface area contributed by atoms with Gasteiger partial charge in [0.25, 0.3) is 0 Å². The van der Waals surface area contributed by atoms with E-state index >= 15 is 0 Å². The minimum Gasteiger partial charge on any atom is -0.354 e. The highest BCUT2D eigenvalue weighted by Crippen LogP contribution is 2.35. The predicted octanol–water partition coefficient (Wildman–Crippen LogP) is 5.29. The fourth-order valence-corrected chi connectivity index (χ4v) is 3.03. The molecule has 0 radical (unpaired) electrons. The molecule has 0 bridgehead atoms. The fraction of sp³-hybridized carbons (Fsp3) is 0. The Kier molecular flexibility index (Phi) is 3.86. The van der Waals surface area contributed by atoms with E-state index in [0.29, 0.717) is 5.57 Å². The monoisotopic (exact) mass is 321 g/mol. The van der Waals surface area contributed by atoms with Gasteiger partial charge >= 0.3 is 0 Å². The van der Waals surface area contributed by atoms with Gasteiger partial charge in [0.1, 0.15) is 0 Å². The highest BCUT2D eigenvalue weighted by Gasteiger charge is 2.16. The number of hydrogen-bond acceptors (Lipinski definition) is 2. The van der Waals surface area contributed by atoms with Gasteiger partial charge in [-0.3, -0.25) is 4.98 Å². The highest BCUT2D eigenvalue weighted by molar-refractivity contribution is 6.06. The van der Waals surface area contributed by atoms with E-state index < -0.39 is 0 Å². The molecule has 0 saturated carbocycles. The number of aromatic nitrogens is 2. The number of nitriles is 1. The molecule has 2 aromatic heterocycles. The molecular formula is C22H15N3. The van der Waals surface area contributed by atoms with Gasteiger partial charge in [0.15, 0.2) is 0 Å². The van der Waals surface area contributed by atoms with Crippen LogP contribution in [-0.4, -0.2) is 9.97 Å². The van der Waals surface area contributed by atoms with Gasteiger partial charge in [0, 0.05) is 28.9 Å². The zero-order valence-electron chi connectivity index (χ0n) is 13.5. The van der Waals surface area contributed by atoms with Gasteiger partial charge in [0.05, 0.1) is 17.3 Å². The summed E-state index contributed by atoms with van der Waals surface area (Å²) in [5, 5.41) is 10.9.